The molecule has 7 nitrogen and oxygen atoms in total. The van der Waals surface area contributed by atoms with Crippen LogP contribution in [0.15, 0.2) is 66.0 Å². The summed E-state index contributed by atoms with van der Waals surface area (Å²) in [7, 11) is -0.163. The van der Waals surface area contributed by atoms with Gasteiger partial charge in [-0.25, -0.2) is 23.1 Å². The number of rotatable bonds is 4. The van der Waals surface area contributed by atoms with Crippen LogP contribution in [-0.4, -0.2) is 35.0 Å². The van der Waals surface area contributed by atoms with Gasteiger partial charge in [0.25, 0.3) is 0 Å². The number of allylic oxidation sites excluding steroid dienone is 1. The zero-order valence-electron chi connectivity index (χ0n) is 16.5. The molecule has 1 N–H and O–H groups in total. The molecule has 0 fully saturated rings. The first-order valence-corrected chi connectivity index (χ1v) is 11.0. The first-order valence-electron chi connectivity index (χ1n) is 9.48. The second kappa shape index (κ2) is 6.86. The predicted molar refractivity (Wildman–Crippen MR) is 115 cm³/mol. The molecule has 0 saturated heterocycles. The summed E-state index contributed by atoms with van der Waals surface area (Å²) in [5.41, 5.74) is 7.17. The summed E-state index contributed by atoms with van der Waals surface area (Å²) in [6.45, 7) is 0. The predicted octanol–water partition coefficient (Wildman–Crippen LogP) is 2.93. The summed E-state index contributed by atoms with van der Waals surface area (Å²) >= 11 is 0. The van der Waals surface area contributed by atoms with E-state index in [1.54, 1.807) is 30.7 Å². The Bertz CT molecular complexity index is 1440. The maximum Gasteiger partial charge on any atom is 0.240 e. The van der Waals surface area contributed by atoms with Crippen molar-refractivity contribution in [1.82, 2.24) is 24.2 Å². The molecule has 2 aromatic carbocycles. The number of fused-ring (bicyclic) bond motifs is 2. The lowest BCUT2D eigenvalue weighted by molar-refractivity contribution is 0.588. The topological polar surface area (TPSA) is 89.8 Å². The van der Waals surface area contributed by atoms with Gasteiger partial charge in [-0.15, -0.1) is 0 Å². The van der Waals surface area contributed by atoms with Crippen molar-refractivity contribution >= 4 is 26.6 Å². The third kappa shape index (κ3) is 3.01. The Balaban J connectivity index is 1.58. The van der Waals surface area contributed by atoms with Gasteiger partial charge < -0.3 is 4.57 Å². The molecule has 5 rings (SSSR count). The summed E-state index contributed by atoms with van der Waals surface area (Å²) in [6, 6.07) is 12.9. The molecule has 0 radical (unpaired) electrons. The molecule has 8 heteroatoms. The molecule has 0 spiro atoms. The van der Waals surface area contributed by atoms with Crippen LogP contribution in [-0.2, 0) is 23.5 Å². The molecule has 0 bridgehead atoms. The number of benzene rings is 2. The highest BCUT2D eigenvalue weighted by molar-refractivity contribution is 7.89. The fourth-order valence-electron chi connectivity index (χ4n) is 3.70. The van der Waals surface area contributed by atoms with Crippen LogP contribution in [0.4, 0.5) is 0 Å². The number of sulfonamides is 1. The molecule has 2 heterocycles. The fraction of sp³-hybridized carbons (Fsp3) is 0.136. The van der Waals surface area contributed by atoms with Gasteiger partial charge in [0.2, 0.25) is 10.0 Å². The molecule has 0 saturated carbocycles. The summed E-state index contributed by atoms with van der Waals surface area (Å²) in [6.07, 6.45) is 6.35. The molecule has 2 aromatic heterocycles. The van der Waals surface area contributed by atoms with Gasteiger partial charge in [-0.1, -0.05) is 24.3 Å². The summed E-state index contributed by atoms with van der Waals surface area (Å²) in [5, 5.41) is 0. The van der Waals surface area contributed by atoms with Crippen molar-refractivity contribution in [3.63, 3.8) is 0 Å². The van der Waals surface area contributed by atoms with Crippen LogP contribution in [0.2, 0.25) is 0 Å². The van der Waals surface area contributed by atoms with Crippen molar-refractivity contribution in [2.75, 3.05) is 7.05 Å². The van der Waals surface area contributed by atoms with E-state index in [0.717, 1.165) is 40.0 Å². The van der Waals surface area contributed by atoms with Crippen LogP contribution in [0.1, 0.15) is 17.0 Å². The molecular weight excluding hydrogens is 398 g/mol. The molecule has 4 aromatic rings. The summed E-state index contributed by atoms with van der Waals surface area (Å²) in [4.78, 5) is 14.0. The fourth-order valence-corrected chi connectivity index (χ4v) is 4.48. The highest BCUT2D eigenvalue weighted by Crippen LogP contribution is 2.33. The molecule has 150 valence electrons. The third-order valence-electron chi connectivity index (χ3n) is 5.35. The van der Waals surface area contributed by atoms with Crippen LogP contribution in [0, 0.1) is 0 Å². The van der Waals surface area contributed by atoms with Gasteiger partial charge in [0, 0.05) is 24.6 Å². The molecule has 0 atom stereocenters. The Morgan fingerprint density at radius 1 is 1.07 bits per heavy atom. The number of aryl methyl sites for hydroxylation is 1. The Kier molecular flexibility index (Phi) is 4.27. The third-order valence-corrected chi connectivity index (χ3v) is 6.76. The van der Waals surface area contributed by atoms with E-state index in [1.165, 1.54) is 7.05 Å². The Hall–Kier alpha value is -3.36. The lowest BCUT2D eigenvalue weighted by atomic mass is 10.0. The van der Waals surface area contributed by atoms with Gasteiger partial charge in [0.05, 0.1) is 45.5 Å². The van der Waals surface area contributed by atoms with Crippen molar-refractivity contribution in [2.45, 2.75) is 11.3 Å². The summed E-state index contributed by atoms with van der Waals surface area (Å²) in [5.74, 6) is 0. The number of nitrogens with zero attached hydrogens (tertiary/aromatic N) is 4. The lowest BCUT2D eigenvalue weighted by Crippen LogP contribution is -2.18. The van der Waals surface area contributed by atoms with E-state index in [4.69, 9.17) is 4.98 Å². The normalized spacial score (nSPS) is 13.5. The largest absolute Gasteiger partial charge is 0.334 e. The molecule has 30 heavy (non-hydrogen) atoms. The van der Waals surface area contributed by atoms with Gasteiger partial charge in [0.15, 0.2) is 0 Å². The first-order chi connectivity index (χ1) is 14.5. The van der Waals surface area contributed by atoms with E-state index in [9.17, 15) is 8.42 Å². The van der Waals surface area contributed by atoms with Crippen LogP contribution < -0.4 is 4.72 Å². The standard InChI is InChI=1S/C22H19N5O2S/c1-23-30(28,29)16-5-3-4-15(10-16)20-12-24-19-9-7-17(22(19)26-20)14-6-8-18-21(11-14)27(2)13-25-18/h3-8,10-13,23H,9H2,1-2H3. The number of hydrogen-bond donors (Lipinski definition) is 1. The SMILES string of the molecule is CNS(=O)(=O)c1cccc(-c2cnc3c(n2)C(c2ccc4ncn(C)c4c2)=CC3)c1. The lowest BCUT2D eigenvalue weighted by Gasteiger charge is -2.09. The minimum absolute atomic E-state index is 0.197. The molecule has 1 aliphatic rings. The smallest absolute Gasteiger partial charge is 0.240 e. The number of aromatic nitrogens is 4. The van der Waals surface area contributed by atoms with Gasteiger partial charge in [0.1, 0.15) is 0 Å². The maximum absolute atomic E-state index is 12.2. The minimum atomic E-state index is -3.53. The van der Waals surface area contributed by atoms with Crippen LogP contribution >= 0.6 is 0 Å². The average Bonchev–Trinajstić information content (AvgIpc) is 3.36. The van der Waals surface area contributed by atoms with E-state index < -0.39 is 10.0 Å². The van der Waals surface area contributed by atoms with Crippen LogP contribution in [0.25, 0.3) is 27.9 Å². The quantitative estimate of drug-likeness (QED) is 0.551. The Morgan fingerprint density at radius 3 is 2.77 bits per heavy atom. The van der Waals surface area contributed by atoms with Crippen molar-refractivity contribution in [2.24, 2.45) is 7.05 Å². The minimum Gasteiger partial charge on any atom is -0.334 e. The van der Waals surface area contributed by atoms with Crippen LogP contribution in [0.5, 0.6) is 0 Å². The second-order valence-electron chi connectivity index (χ2n) is 7.17. The van der Waals surface area contributed by atoms with Crippen molar-refractivity contribution in [1.29, 1.82) is 0 Å². The number of nitrogens with one attached hydrogen (secondary N) is 1. The van der Waals surface area contributed by atoms with Gasteiger partial charge >= 0.3 is 0 Å². The highest BCUT2D eigenvalue weighted by atomic mass is 32.2. The van der Waals surface area contributed by atoms with E-state index in [2.05, 4.69) is 26.8 Å². The second-order valence-corrected chi connectivity index (χ2v) is 9.05. The average molecular weight is 417 g/mol. The molecule has 0 aliphatic heterocycles. The number of hydrogen-bond acceptors (Lipinski definition) is 5. The highest BCUT2D eigenvalue weighted by Gasteiger charge is 2.21. The zero-order chi connectivity index (χ0) is 20.9. The van der Waals surface area contributed by atoms with E-state index in [0.29, 0.717) is 11.3 Å². The van der Waals surface area contributed by atoms with E-state index in [1.807, 2.05) is 29.8 Å². The van der Waals surface area contributed by atoms with Crippen LogP contribution in [0.3, 0.4) is 0 Å². The summed E-state index contributed by atoms with van der Waals surface area (Å²) < 4.78 is 28.7. The Morgan fingerprint density at radius 2 is 1.93 bits per heavy atom. The molecule has 1 aliphatic carbocycles. The maximum atomic E-state index is 12.2. The van der Waals surface area contributed by atoms with Crippen molar-refractivity contribution in [3.05, 3.63) is 78.0 Å². The monoisotopic (exact) mass is 417 g/mol. The Labute approximate surface area is 174 Å². The van der Waals surface area contributed by atoms with E-state index >= 15 is 0 Å². The molecule has 0 amide bonds. The van der Waals surface area contributed by atoms with E-state index in [-0.39, 0.29) is 4.90 Å². The van der Waals surface area contributed by atoms with Gasteiger partial charge in [-0.3, -0.25) is 4.98 Å². The van der Waals surface area contributed by atoms with Crippen molar-refractivity contribution in [3.8, 4) is 11.3 Å². The number of imidazole rings is 1. The first kappa shape index (κ1) is 18.7. The molecular formula is C22H19N5O2S. The zero-order valence-corrected chi connectivity index (χ0v) is 17.3. The van der Waals surface area contributed by atoms with Crippen molar-refractivity contribution < 1.29 is 8.42 Å². The van der Waals surface area contributed by atoms with Gasteiger partial charge in [-0.05, 0) is 36.9 Å². The molecule has 0 unspecified atom stereocenters. The van der Waals surface area contributed by atoms with Gasteiger partial charge in [-0.2, -0.15) is 0 Å².